The van der Waals surface area contributed by atoms with Crippen LogP contribution in [0.15, 0.2) is 12.2 Å². The highest BCUT2D eigenvalue weighted by atomic mass is 16.6. The minimum atomic E-state index is -0.769. The van der Waals surface area contributed by atoms with Crippen LogP contribution in [0.4, 0.5) is 0 Å². The molecular weight excluding hydrogens is 961 g/mol. The molecule has 0 saturated carbocycles. The number of carbonyl (C=O) groups is 3. The second-order valence-electron chi connectivity index (χ2n) is 24.5. The zero-order valence-electron chi connectivity index (χ0n) is 53.2. The lowest BCUT2D eigenvalue weighted by Crippen LogP contribution is -2.30. The molecule has 462 valence electrons. The molecule has 6 nitrogen and oxygen atoms in total. The highest BCUT2D eigenvalue weighted by molar-refractivity contribution is 5.71. The minimum Gasteiger partial charge on any atom is -0.462 e. The molecule has 0 saturated heterocycles. The van der Waals surface area contributed by atoms with Gasteiger partial charge in [0.15, 0.2) is 6.10 Å². The summed E-state index contributed by atoms with van der Waals surface area (Å²) in [5.41, 5.74) is 0. The number of unbranched alkanes of at least 4 members (excludes halogenated alkanes) is 54. The molecule has 6 heteroatoms. The summed E-state index contributed by atoms with van der Waals surface area (Å²) in [7, 11) is 0. The number of esters is 3. The first-order chi connectivity index (χ1) is 38.5. The predicted octanol–water partition coefficient (Wildman–Crippen LogP) is 24.4. The number of hydrogen-bond acceptors (Lipinski definition) is 6. The second kappa shape index (κ2) is 67.7. The van der Waals surface area contributed by atoms with E-state index in [2.05, 4.69) is 32.9 Å². The van der Waals surface area contributed by atoms with Crippen molar-refractivity contribution < 1.29 is 28.6 Å². The molecule has 1 atom stereocenters. The Morgan fingerprint density at radius 2 is 0.436 bits per heavy atom. The van der Waals surface area contributed by atoms with E-state index in [9.17, 15) is 14.4 Å². The molecule has 0 heterocycles. The molecule has 0 aromatic rings. The number of ether oxygens (including phenoxy) is 3. The van der Waals surface area contributed by atoms with Gasteiger partial charge < -0.3 is 14.2 Å². The fourth-order valence-corrected chi connectivity index (χ4v) is 11.1. The zero-order valence-corrected chi connectivity index (χ0v) is 53.2. The lowest BCUT2D eigenvalue weighted by atomic mass is 10.0. The summed E-state index contributed by atoms with van der Waals surface area (Å²) < 4.78 is 17.0. The van der Waals surface area contributed by atoms with Crippen LogP contribution in [-0.2, 0) is 28.6 Å². The van der Waals surface area contributed by atoms with Crippen molar-refractivity contribution in [3.63, 3.8) is 0 Å². The Morgan fingerprint density at radius 3 is 0.679 bits per heavy atom. The molecule has 0 aromatic carbocycles. The van der Waals surface area contributed by atoms with E-state index in [1.807, 2.05) is 0 Å². The maximum absolute atomic E-state index is 12.9. The van der Waals surface area contributed by atoms with Crippen LogP contribution in [0.2, 0.25) is 0 Å². The Kier molecular flexibility index (Phi) is 66.0. The first-order valence-electron chi connectivity index (χ1n) is 35.7. The van der Waals surface area contributed by atoms with Crippen LogP contribution < -0.4 is 0 Å². The molecular formula is C72H138O6. The molecule has 0 amide bonds. The first-order valence-corrected chi connectivity index (χ1v) is 35.7. The van der Waals surface area contributed by atoms with Gasteiger partial charge in [0.1, 0.15) is 13.2 Å². The molecule has 0 aliphatic carbocycles. The van der Waals surface area contributed by atoms with E-state index in [1.54, 1.807) is 0 Å². The maximum atomic E-state index is 12.9. The molecule has 0 spiro atoms. The van der Waals surface area contributed by atoms with Gasteiger partial charge in [-0.25, -0.2) is 0 Å². The lowest BCUT2D eigenvalue weighted by molar-refractivity contribution is -0.167. The first kappa shape index (κ1) is 76.1. The Balaban J connectivity index is 4.09. The summed E-state index contributed by atoms with van der Waals surface area (Å²) in [4.78, 5) is 38.3. The van der Waals surface area contributed by atoms with Crippen molar-refractivity contribution in [2.24, 2.45) is 0 Å². The van der Waals surface area contributed by atoms with Gasteiger partial charge in [0.05, 0.1) is 0 Å². The molecule has 0 aliphatic rings. The molecule has 0 radical (unpaired) electrons. The molecule has 0 rings (SSSR count). The molecule has 0 fully saturated rings. The summed E-state index contributed by atoms with van der Waals surface area (Å²) in [6.45, 7) is 6.68. The average Bonchev–Trinajstić information content (AvgIpc) is 3.44. The third-order valence-electron chi connectivity index (χ3n) is 16.5. The van der Waals surface area contributed by atoms with Crippen LogP contribution in [0.3, 0.4) is 0 Å². The third kappa shape index (κ3) is 65.0. The monoisotopic (exact) mass is 1100 g/mol. The van der Waals surface area contributed by atoms with Gasteiger partial charge in [-0.15, -0.1) is 0 Å². The standard InChI is InChI=1S/C72H138O6/c1-4-7-10-13-16-19-22-24-26-28-30-31-32-33-34-35-36-37-38-39-40-42-43-45-47-50-53-56-59-62-65-71(74)77-68-69(67-76-70(73)64-61-58-55-52-49-21-18-15-12-9-6-3)78-72(75)66-63-60-57-54-51-48-46-44-41-29-27-25-23-20-17-14-11-8-5-2/h15,18,69H,4-14,16-17,19-68H2,1-3H3/b18-15-. The molecule has 78 heavy (non-hydrogen) atoms. The summed E-state index contributed by atoms with van der Waals surface area (Å²) >= 11 is 0. The van der Waals surface area contributed by atoms with Crippen molar-refractivity contribution in [3.8, 4) is 0 Å². The fourth-order valence-electron chi connectivity index (χ4n) is 11.1. The van der Waals surface area contributed by atoms with Crippen LogP contribution in [0.25, 0.3) is 0 Å². The Labute approximate surface area is 488 Å². The number of hydrogen-bond donors (Lipinski definition) is 0. The predicted molar refractivity (Wildman–Crippen MR) is 340 cm³/mol. The summed E-state index contributed by atoms with van der Waals surface area (Å²) in [6.07, 6.45) is 81.2. The van der Waals surface area contributed by atoms with Crippen molar-refractivity contribution in [2.75, 3.05) is 13.2 Å². The largest absolute Gasteiger partial charge is 0.462 e. The van der Waals surface area contributed by atoms with E-state index in [0.717, 1.165) is 64.2 Å². The molecule has 0 N–H and O–H groups in total. The maximum Gasteiger partial charge on any atom is 0.306 e. The SMILES string of the molecule is CCCC/C=C\CCCCCCCC(=O)OCC(COC(=O)CCCCCCCCCCCCCCCCCCCCCCCCCCCCCCCC)OC(=O)CCCCCCCCCCCCCCCCCCCCC. The van der Waals surface area contributed by atoms with Gasteiger partial charge in [-0.05, 0) is 38.5 Å². The Hall–Kier alpha value is -1.85. The van der Waals surface area contributed by atoms with Crippen LogP contribution in [0.1, 0.15) is 412 Å². The fraction of sp³-hybridized carbons (Fsp3) is 0.931. The number of allylic oxidation sites excluding steroid dienone is 2. The normalized spacial score (nSPS) is 12.0. The van der Waals surface area contributed by atoms with Crippen molar-refractivity contribution in [2.45, 2.75) is 419 Å². The van der Waals surface area contributed by atoms with Gasteiger partial charge in [0, 0.05) is 19.3 Å². The quantitative estimate of drug-likeness (QED) is 0.0261. The number of rotatable bonds is 67. The summed E-state index contributed by atoms with van der Waals surface area (Å²) in [6, 6.07) is 0. The van der Waals surface area contributed by atoms with Crippen LogP contribution >= 0.6 is 0 Å². The van der Waals surface area contributed by atoms with E-state index < -0.39 is 6.10 Å². The topological polar surface area (TPSA) is 78.9 Å². The third-order valence-corrected chi connectivity index (χ3v) is 16.5. The van der Waals surface area contributed by atoms with Crippen molar-refractivity contribution in [3.05, 3.63) is 12.2 Å². The summed E-state index contributed by atoms with van der Waals surface area (Å²) in [5.74, 6) is -0.843. The van der Waals surface area contributed by atoms with Crippen LogP contribution in [0.5, 0.6) is 0 Å². The highest BCUT2D eigenvalue weighted by Gasteiger charge is 2.19. The van der Waals surface area contributed by atoms with E-state index in [-0.39, 0.29) is 31.1 Å². The highest BCUT2D eigenvalue weighted by Crippen LogP contribution is 2.19. The van der Waals surface area contributed by atoms with Gasteiger partial charge in [0.2, 0.25) is 0 Å². The Morgan fingerprint density at radius 1 is 0.244 bits per heavy atom. The van der Waals surface area contributed by atoms with E-state index in [4.69, 9.17) is 14.2 Å². The summed E-state index contributed by atoms with van der Waals surface area (Å²) in [5, 5.41) is 0. The van der Waals surface area contributed by atoms with E-state index in [1.165, 1.54) is 308 Å². The molecule has 0 aliphatic heterocycles. The molecule has 1 unspecified atom stereocenters. The number of carbonyl (C=O) groups excluding carboxylic acids is 3. The zero-order chi connectivity index (χ0) is 56.4. The lowest BCUT2D eigenvalue weighted by Gasteiger charge is -2.18. The van der Waals surface area contributed by atoms with Gasteiger partial charge >= 0.3 is 17.9 Å². The van der Waals surface area contributed by atoms with E-state index in [0.29, 0.717) is 19.3 Å². The van der Waals surface area contributed by atoms with E-state index >= 15 is 0 Å². The van der Waals surface area contributed by atoms with Crippen molar-refractivity contribution >= 4 is 17.9 Å². The van der Waals surface area contributed by atoms with Gasteiger partial charge in [0.25, 0.3) is 0 Å². The van der Waals surface area contributed by atoms with Crippen LogP contribution in [-0.4, -0.2) is 37.2 Å². The second-order valence-corrected chi connectivity index (χ2v) is 24.5. The van der Waals surface area contributed by atoms with Crippen LogP contribution in [0, 0.1) is 0 Å². The van der Waals surface area contributed by atoms with Gasteiger partial charge in [-0.1, -0.05) is 367 Å². The van der Waals surface area contributed by atoms with Crippen molar-refractivity contribution in [1.82, 2.24) is 0 Å². The smallest absolute Gasteiger partial charge is 0.306 e. The van der Waals surface area contributed by atoms with Crippen molar-refractivity contribution in [1.29, 1.82) is 0 Å². The van der Waals surface area contributed by atoms with Gasteiger partial charge in [-0.2, -0.15) is 0 Å². The Bertz CT molecular complexity index is 1210. The minimum absolute atomic E-state index is 0.0659. The molecule has 0 bridgehead atoms. The average molecular weight is 1100 g/mol. The molecule has 0 aromatic heterocycles. The van der Waals surface area contributed by atoms with Gasteiger partial charge in [-0.3, -0.25) is 14.4 Å².